The Morgan fingerprint density at radius 3 is 2.89 bits per heavy atom. The molecule has 94 valence electrons. The van der Waals surface area contributed by atoms with Crippen LogP contribution in [0.2, 0.25) is 0 Å². The normalized spacial score (nSPS) is 10.3. The molecule has 8 heteroatoms. The van der Waals surface area contributed by atoms with Crippen molar-refractivity contribution in [3.05, 3.63) is 35.5 Å². The molecule has 0 saturated carbocycles. The highest BCUT2D eigenvalue weighted by atomic mass is 32.2. The third-order valence-electron chi connectivity index (χ3n) is 2.02. The maximum atomic E-state index is 11.1. The predicted octanol–water partition coefficient (Wildman–Crippen LogP) is 0.669. The molecule has 3 N–H and O–H groups in total. The van der Waals surface area contributed by atoms with E-state index in [2.05, 4.69) is 15.1 Å². The molecule has 2 heterocycles. The topological polar surface area (TPSA) is 107 Å². The maximum Gasteiger partial charge on any atom is 0.287 e. The number of nitrogens with zero attached hydrogens (tertiary/aromatic N) is 3. The average Bonchev–Trinajstić information content (AvgIpc) is 2.86. The summed E-state index contributed by atoms with van der Waals surface area (Å²) >= 11 is 1.40. The van der Waals surface area contributed by atoms with Gasteiger partial charge in [0.2, 0.25) is 0 Å². The Bertz CT molecular complexity index is 539. The molecule has 0 bridgehead atoms. The maximum absolute atomic E-state index is 11.1. The van der Waals surface area contributed by atoms with Crippen LogP contribution in [0.1, 0.15) is 21.8 Å². The number of aryl methyl sites for hydroxylation is 1. The number of nitrogens with one attached hydrogen (secondary N) is 1. The van der Waals surface area contributed by atoms with E-state index in [1.54, 1.807) is 12.4 Å². The molecule has 7 nitrogen and oxygen atoms in total. The van der Waals surface area contributed by atoms with E-state index < -0.39 is 5.91 Å². The number of aromatic nitrogens is 3. The average molecular weight is 265 g/mol. The van der Waals surface area contributed by atoms with Gasteiger partial charge in [-0.05, 0) is 12.5 Å². The quantitative estimate of drug-likeness (QED) is 0.275. The van der Waals surface area contributed by atoms with Gasteiger partial charge in [-0.2, -0.15) is 0 Å². The minimum absolute atomic E-state index is 0.151. The summed E-state index contributed by atoms with van der Waals surface area (Å²) in [5.41, 5.74) is 3.13. The number of carbonyl (C=O) groups excluding carboxylic acids is 1. The van der Waals surface area contributed by atoms with Gasteiger partial charge in [-0.1, -0.05) is 16.9 Å². The van der Waals surface area contributed by atoms with E-state index >= 15 is 0 Å². The fourth-order valence-electron chi connectivity index (χ4n) is 1.15. The number of thioether (sulfide) groups is 1. The van der Waals surface area contributed by atoms with Crippen molar-refractivity contribution in [1.29, 1.82) is 0 Å². The van der Waals surface area contributed by atoms with E-state index in [1.807, 2.05) is 12.3 Å². The van der Waals surface area contributed by atoms with Crippen LogP contribution in [0.5, 0.6) is 0 Å². The second-order valence-electron chi connectivity index (χ2n) is 3.48. The summed E-state index contributed by atoms with van der Waals surface area (Å²) in [6.45, 7) is 1.92. The van der Waals surface area contributed by atoms with Crippen LogP contribution in [0.25, 0.3) is 0 Å². The molecule has 0 aliphatic rings. The zero-order valence-corrected chi connectivity index (χ0v) is 10.4. The summed E-state index contributed by atoms with van der Waals surface area (Å²) in [6.07, 6.45) is 3.48. The van der Waals surface area contributed by atoms with Crippen molar-refractivity contribution in [3.63, 3.8) is 0 Å². The molecule has 0 saturated heterocycles. The van der Waals surface area contributed by atoms with Crippen LogP contribution in [0.15, 0.2) is 28.1 Å². The molecule has 1 amide bonds. The van der Waals surface area contributed by atoms with E-state index in [1.165, 1.54) is 17.8 Å². The van der Waals surface area contributed by atoms with Gasteiger partial charge in [-0.3, -0.25) is 10.2 Å². The third kappa shape index (κ3) is 3.05. The summed E-state index contributed by atoms with van der Waals surface area (Å²) in [7, 11) is 0. The number of rotatable bonds is 4. The van der Waals surface area contributed by atoms with Crippen molar-refractivity contribution in [3.8, 4) is 0 Å². The van der Waals surface area contributed by atoms with Crippen molar-refractivity contribution in [2.45, 2.75) is 17.8 Å². The Morgan fingerprint density at radius 2 is 2.22 bits per heavy atom. The summed E-state index contributed by atoms with van der Waals surface area (Å²) in [6, 6.07) is 1.53. The Kier molecular flexibility index (Phi) is 3.90. The molecule has 0 unspecified atom stereocenters. The van der Waals surface area contributed by atoms with Gasteiger partial charge in [-0.25, -0.2) is 15.8 Å². The van der Waals surface area contributed by atoms with Crippen LogP contribution >= 0.6 is 11.8 Å². The lowest BCUT2D eigenvalue weighted by molar-refractivity contribution is 0.0944. The molecule has 0 radical (unpaired) electrons. The fourth-order valence-corrected chi connectivity index (χ4v) is 1.81. The summed E-state index contributed by atoms with van der Waals surface area (Å²) in [5.74, 6) is 5.55. The van der Waals surface area contributed by atoms with Crippen LogP contribution < -0.4 is 11.3 Å². The second-order valence-corrected chi connectivity index (χ2v) is 4.43. The molecule has 0 atom stereocenters. The van der Waals surface area contributed by atoms with Gasteiger partial charge in [-0.15, -0.1) is 0 Å². The molecule has 2 aromatic rings. The first-order valence-electron chi connectivity index (χ1n) is 5.07. The molecule has 0 spiro atoms. The highest BCUT2D eigenvalue weighted by molar-refractivity contribution is 7.98. The Morgan fingerprint density at radius 1 is 1.50 bits per heavy atom. The zero-order valence-electron chi connectivity index (χ0n) is 9.58. The minimum atomic E-state index is -0.485. The van der Waals surface area contributed by atoms with Crippen molar-refractivity contribution in [1.82, 2.24) is 20.6 Å². The molecule has 0 aromatic carbocycles. The number of hydrogen-bond donors (Lipinski definition) is 2. The minimum Gasteiger partial charge on any atom is -0.360 e. The fraction of sp³-hybridized carbons (Fsp3) is 0.200. The Labute approximate surface area is 107 Å². The van der Waals surface area contributed by atoms with Crippen molar-refractivity contribution in [2.24, 2.45) is 5.84 Å². The largest absolute Gasteiger partial charge is 0.360 e. The van der Waals surface area contributed by atoms with Crippen LogP contribution in [0, 0.1) is 6.92 Å². The van der Waals surface area contributed by atoms with E-state index in [-0.39, 0.29) is 5.69 Å². The first-order valence-corrected chi connectivity index (χ1v) is 6.05. The van der Waals surface area contributed by atoms with Crippen LogP contribution in [-0.2, 0) is 5.75 Å². The highest BCUT2D eigenvalue weighted by Gasteiger charge is 2.11. The predicted molar refractivity (Wildman–Crippen MR) is 64.5 cm³/mol. The Hall–Kier alpha value is -1.93. The smallest absolute Gasteiger partial charge is 0.287 e. The lowest BCUT2D eigenvalue weighted by atomic mass is 10.4. The molecular formula is C10H11N5O2S. The van der Waals surface area contributed by atoms with E-state index in [0.717, 1.165) is 5.56 Å². The molecule has 0 aliphatic carbocycles. The summed E-state index contributed by atoms with van der Waals surface area (Å²) in [5, 5.41) is 4.23. The second kappa shape index (κ2) is 5.61. The molecule has 2 aromatic heterocycles. The molecule has 0 aliphatic heterocycles. The first kappa shape index (κ1) is 12.5. The number of hydrazine groups is 1. The number of nitrogens with two attached hydrogens (primary N) is 1. The van der Waals surface area contributed by atoms with Gasteiger partial charge in [0.15, 0.2) is 10.9 Å². The van der Waals surface area contributed by atoms with Crippen molar-refractivity contribution in [2.75, 3.05) is 0 Å². The van der Waals surface area contributed by atoms with E-state index in [4.69, 9.17) is 10.4 Å². The van der Waals surface area contributed by atoms with Gasteiger partial charge < -0.3 is 4.52 Å². The molecular weight excluding hydrogens is 254 g/mol. The van der Waals surface area contributed by atoms with Crippen LogP contribution in [-0.4, -0.2) is 21.0 Å². The molecule has 18 heavy (non-hydrogen) atoms. The zero-order chi connectivity index (χ0) is 13.0. The SMILES string of the molecule is Cc1cnc(SCc2cc(C(=O)NN)no2)nc1. The van der Waals surface area contributed by atoms with Crippen LogP contribution in [0.4, 0.5) is 0 Å². The van der Waals surface area contributed by atoms with E-state index in [0.29, 0.717) is 16.7 Å². The number of nitrogen functional groups attached to an aromatic ring is 1. The highest BCUT2D eigenvalue weighted by Crippen LogP contribution is 2.19. The van der Waals surface area contributed by atoms with E-state index in [9.17, 15) is 4.79 Å². The lowest BCUT2D eigenvalue weighted by Crippen LogP contribution is -2.30. The monoisotopic (exact) mass is 265 g/mol. The van der Waals surface area contributed by atoms with Gasteiger partial charge in [0.25, 0.3) is 5.91 Å². The van der Waals surface area contributed by atoms with Gasteiger partial charge in [0, 0.05) is 18.5 Å². The van der Waals surface area contributed by atoms with Gasteiger partial charge >= 0.3 is 0 Å². The Balaban J connectivity index is 1.96. The molecule has 2 rings (SSSR count). The lowest BCUT2D eigenvalue weighted by Gasteiger charge is -1.96. The number of hydrogen-bond acceptors (Lipinski definition) is 7. The third-order valence-corrected chi connectivity index (χ3v) is 2.92. The van der Waals surface area contributed by atoms with Crippen molar-refractivity contribution < 1.29 is 9.32 Å². The first-order chi connectivity index (χ1) is 8.69. The molecule has 0 fully saturated rings. The summed E-state index contributed by atoms with van der Waals surface area (Å²) in [4.78, 5) is 19.4. The summed E-state index contributed by atoms with van der Waals surface area (Å²) < 4.78 is 4.99. The standard InChI is InChI=1S/C10H11N5O2S/c1-6-3-12-10(13-4-6)18-5-7-2-8(15-17-7)9(16)14-11/h2-4H,5,11H2,1H3,(H,14,16). The number of amides is 1. The van der Waals surface area contributed by atoms with Gasteiger partial charge in [0.1, 0.15) is 5.76 Å². The van der Waals surface area contributed by atoms with Crippen molar-refractivity contribution >= 4 is 17.7 Å². The van der Waals surface area contributed by atoms with Gasteiger partial charge in [0.05, 0.1) is 5.75 Å². The number of carbonyl (C=O) groups is 1. The van der Waals surface area contributed by atoms with Crippen LogP contribution in [0.3, 0.4) is 0 Å².